The van der Waals surface area contributed by atoms with E-state index in [0.29, 0.717) is 18.2 Å². The van der Waals surface area contributed by atoms with Gasteiger partial charge in [-0.15, -0.1) is 11.3 Å². The lowest BCUT2D eigenvalue weighted by Crippen LogP contribution is -2.40. The molecule has 0 aliphatic carbocycles. The van der Waals surface area contributed by atoms with Crippen LogP contribution in [0.4, 0.5) is 0 Å². The van der Waals surface area contributed by atoms with E-state index in [1.165, 1.54) is 22.6 Å². The van der Waals surface area contributed by atoms with Gasteiger partial charge in [-0.2, -0.15) is 5.10 Å². The molecule has 1 atom stereocenters. The zero-order valence-corrected chi connectivity index (χ0v) is 13.9. The minimum absolute atomic E-state index is 0.305. The highest BCUT2D eigenvalue weighted by molar-refractivity contribution is 7.09. The molecule has 118 valence electrons. The number of carbonyl (C=O) groups excluding carboxylic acids is 1. The molecule has 5 heteroatoms. The highest BCUT2D eigenvalue weighted by atomic mass is 32.1. The van der Waals surface area contributed by atoms with Crippen LogP contribution in [0.5, 0.6) is 0 Å². The molecular weight excluding hydrogens is 294 g/mol. The molecule has 1 fully saturated rings. The summed E-state index contributed by atoms with van der Waals surface area (Å²) in [6.45, 7) is 3.90. The van der Waals surface area contributed by atoms with Gasteiger partial charge in [0.1, 0.15) is 0 Å². The van der Waals surface area contributed by atoms with Gasteiger partial charge in [0, 0.05) is 30.1 Å². The fourth-order valence-electron chi connectivity index (χ4n) is 3.17. The number of aromatic amines is 1. The lowest BCUT2D eigenvalue weighted by molar-refractivity contribution is -0.132. The molecule has 1 aliphatic rings. The lowest BCUT2D eigenvalue weighted by Gasteiger charge is -2.33. The van der Waals surface area contributed by atoms with E-state index in [0.717, 1.165) is 32.4 Å². The molecular formula is C17H23N3OS. The molecule has 1 N–H and O–H groups in total. The summed E-state index contributed by atoms with van der Waals surface area (Å²) >= 11 is 1.73. The van der Waals surface area contributed by atoms with Gasteiger partial charge in [-0.05, 0) is 55.5 Å². The number of amides is 1. The summed E-state index contributed by atoms with van der Waals surface area (Å²) in [6, 6.07) is 4.16. The minimum Gasteiger partial charge on any atom is -0.342 e. The van der Waals surface area contributed by atoms with Crippen molar-refractivity contribution in [2.24, 2.45) is 5.92 Å². The van der Waals surface area contributed by atoms with Crippen LogP contribution >= 0.6 is 11.3 Å². The van der Waals surface area contributed by atoms with Crippen LogP contribution in [0.3, 0.4) is 0 Å². The third-order valence-electron chi connectivity index (χ3n) is 4.46. The predicted octanol–water partition coefficient (Wildman–Crippen LogP) is 3.19. The fraction of sp³-hybridized carbons (Fsp3) is 0.529. The second-order valence-electron chi connectivity index (χ2n) is 6.16. The molecule has 0 saturated carbocycles. The summed E-state index contributed by atoms with van der Waals surface area (Å²) in [5, 5.41) is 9.26. The van der Waals surface area contributed by atoms with E-state index in [4.69, 9.17) is 0 Å². The monoisotopic (exact) mass is 317 g/mol. The van der Waals surface area contributed by atoms with Crippen molar-refractivity contribution >= 4 is 17.2 Å². The standard InChI is InChI=1S/C17H23N3OS/c1-13-11-18-19-16(13)10-14-4-2-8-20(12-14)17(21)7-6-15-5-3-9-22-15/h3,5,9,11,14H,2,4,6-8,10,12H2,1H3,(H,18,19)/t14-/m1/s1. The number of likely N-dealkylation sites (tertiary alicyclic amines) is 1. The number of nitrogens with one attached hydrogen (secondary N) is 1. The maximum Gasteiger partial charge on any atom is 0.222 e. The van der Waals surface area contributed by atoms with E-state index < -0.39 is 0 Å². The highest BCUT2D eigenvalue weighted by Gasteiger charge is 2.24. The summed E-state index contributed by atoms with van der Waals surface area (Å²) in [7, 11) is 0. The summed E-state index contributed by atoms with van der Waals surface area (Å²) in [6.07, 6.45) is 6.70. The number of piperidine rings is 1. The Balaban J connectivity index is 1.51. The van der Waals surface area contributed by atoms with Crippen LogP contribution < -0.4 is 0 Å². The van der Waals surface area contributed by atoms with Crippen molar-refractivity contribution in [1.82, 2.24) is 15.1 Å². The highest BCUT2D eigenvalue weighted by Crippen LogP contribution is 2.22. The number of hydrogen-bond acceptors (Lipinski definition) is 3. The summed E-state index contributed by atoms with van der Waals surface area (Å²) in [4.78, 5) is 15.8. The SMILES string of the molecule is Cc1cn[nH]c1C[C@H]1CCCN(C(=O)CCc2cccs2)C1. The van der Waals surface area contributed by atoms with Gasteiger partial charge in [0.2, 0.25) is 5.91 Å². The van der Waals surface area contributed by atoms with Gasteiger partial charge in [0.05, 0.1) is 6.20 Å². The van der Waals surface area contributed by atoms with Crippen LogP contribution in [-0.4, -0.2) is 34.1 Å². The minimum atomic E-state index is 0.305. The normalized spacial score (nSPS) is 18.6. The first-order valence-corrected chi connectivity index (χ1v) is 8.89. The largest absolute Gasteiger partial charge is 0.342 e. The van der Waals surface area contributed by atoms with Gasteiger partial charge in [-0.25, -0.2) is 0 Å². The number of aryl methyl sites for hydroxylation is 2. The first-order chi connectivity index (χ1) is 10.7. The van der Waals surface area contributed by atoms with E-state index >= 15 is 0 Å². The van der Waals surface area contributed by atoms with Crippen molar-refractivity contribution in [2.75, 3.05) is 13.1 Å². The topological polar surface area (TPSA) is 49.0 Å². The van der Waals surface area contributed by atoms with E-state index in [1.54, 1.807) is 11.3 Å². The van der Waals surface area contributed by atoms with Crippen LogP contribution in [0.1, 0.15) is 35.4 Å². The molecule has 0 bridgehead atoms. The fourth-order valence-corrected chi connectivity index (χ4v) is 3.88. The summed E-state index contributed by atoms with van der Waals surface area (Å²) in [5.41, 5.74) is 2.44. The third kappa shape index (κ3) is 3.77. The number of hydrogen-bond donors (Lipinski definition) is 1. The Hall–Kier alpha value is -1.62. The maximum atomic E-state index is 12.4. The third-order valence-corrected chi connectivity index (χ3v) is 5.40. The number of aromatic nitrogens is 2. The second kappa shape index (κ2) is 7.09. The molecule has 22 heavy (non-hydrogen) atoms. The first kappa shape index (κ1) is 15.3. The van der Waals surface area contributed by atoms with Crippen LogP contribution in [0.25, 0.3) is 0 Å². The smallest absolute Gasteiger partial charge is 0.222 e. The van der Waals surface area contributed by atoms with Crippen molar-refractivity contribution in [3.63, 3.8) is 0 Å². The predicted molar refractivity (Wildman–Crippen MR) is 89.0 cm³/mol. The molecule has 4 nitrogen and oxygen atoms in total. The van der Waals surface area contributed by atoms with E-state index in [2.05, 4.69) is 33.5 Å². The molecule has 0 aromatic carbocycles. The zero-order chi connectivity index (χ0) is 15.4. The molecule has 1 amide bonds. The molecule has 1 aliphatic heterocycles. The van der Waals surface area contributed by atoms with Crippen LogP contribution in [0.2, 0.25) is 0 Å². The zero-order valence-electron chi connectivity index (χ0n) is 13.0. The maximum absolute atomic E-state index is 12.4. The van der Waals surface area contributed by atoms with Gasteiger partial charge in [0.15, 0.2) is 0 Å². The number of H-pyrrole nitrogens is 1. The molecule has 2 aromatic rings. The molecule has 0 radical (unpaired) electrons. The Morgan fingerprint density at radius 1 is 1.55 bits per heavy atom. The Morgan fingerprint density at radius 3 is 3.18 bits per heavy atom. The van der Waals surface area contributed by atoms with Crippen LogP contribution in [0.15, 0.2) is 23.7 Å². The molecule has 0 spiro atoms. The quantitative estimate of drug-likeness (QED) is 0.920. The van der Waals surface area contributed by atoms with Gasteiger partial charge in [-0.3, -0.25) is 9.89 Å². The molecule has 1 saturated heterocycles. The Kier molecular flexibility index (Phi) is 4.93. The average Bonchev–Trinajstić information content (AvgIpc) is 3.18. The Morgan fingerprint density at radius 2 is 2.45 bits per heavy atom. The molecule has 3 rings (SSSR count). The van der Waals surface area contributed by atoms with Crippen molar-refractivity contribution in [3.8, 4) is 0 Å². The van der Waals surface area contributed by atoms with Gasteiger partial charge in [0.25, 0.3) is 0 Å². The Labute approximate surface area is 135 Å². The van der Waals surface area contributed by atoms with E-state index in [9.17, 15) is 4.79 Å². The number of nitrogens with zero attached hydrogens (tertiary/aromatic N) is 2. The van der Waals surface area contributed by atoms with Gasteiger partial charge < -0.3 is 4.90 Å². The molecule has 3 heterocycles. The second-order valence-corrected chi connectivity index (χ2v) is 7.20. The van der Waals surface area contributed by atoms with Crippen molar-refractivity contribution in [1.29, 1.82) is 0 Å². The first-order valence-electron chi connectivity index (χ1n) is 8.01. The molecule has 2 aromatic heterocycles. The van der Waals surface area contributed by atoms with E-state index in [1.807, 2.05) is 12.3 Å². The average molecular weight is 317 g/mol. The summed E-state index contributed by atoms with van der Waals surface area (Å²) in [5.74, 6) is 0.859. The number of carbonyl (C=O) groups is 1. The van der Waals surface area contributed by atoms with Crippen molar-refractivity contribution in [3.05, 3.63) is 39.8 Å². The van der Waals surface area contributed by atoms with Gasteiger partial charge >= 0.3 is 0 Å². The van der Waals surface area contributed by atoms with Crippen molar-refractivity contribution < 1.29 is 4.79 Å². The van der Waals surface area contributed by atoms with Gasteiger partial charge in [-0.1, -0.05) is 6.07 Å². The molecule has 0 unspecified atom stereocenters. The van der Waals surface area contributed by atoms with E-state index in [-0.39, 0.29) is 0 Å². The van der Waals surface area contributed by atoms with Crippen LogP contribution in [-0.2, 0) is 17.6 Å². The lowest BCUT2D eigenvalue weighted by atomic mass is 9.92. The Bertz CT molecular complexity index is 605. The summed E-state index contributed by atoms with van der Waals surface area (Å²) < 4.78 is 0. The number of thiophene rings is 1. The van der Waals surface area contributed by atoms with Crippen molar-refractivity contribution in [2.45, 2.75) is 39.0 Å². The van der Waals surface area contributed by atoms with Crippen LogP contribution in [0, 0.1) is 12.8 Å². The number of rotatable bonds is 5.